The largest absolute Gasteiger partial charge is 0.497 e. The van der Waals surface area contributed by atoms with Gasteiger partial charge in [0.05, 0.1) is 6.26 Å². The molecule has 0 spiro atoms. The molecule has 1 nitrogen and oxygen atoms in total. The van der Waals surface area contributed by atoms with Crippen molar-refractivity contribution in [2.24, 2.45) is 5.92 Å². The summed E-state index contributed by atoms with van der Waals surface area (Å²) in [5, 5.41) is 0. The van der Waals surface area contributed by atoms with Crippen molar-refractivity contribution in [3.05, 3.63) is 36.6 Å². The maximum Gasteiger partial charge on any atom is 0.111 e. The fraction of sp³-hybridized carbons (Fsp3) is 0.333. The Labute approximate surface area is 60.7 Å². The second-order valence-electron chi connectivity index (χ2n) is 2.63. The van der Waals surface area contributed by atoms with Crippen molar-refractivity contribution in [1.82, 2.24) is 0 Å². The van der Waals surface area contributed by atoms with Gasteiger partial charge in [0.15, 0.2) is 0 Å². The molecule has 0 fully saturated rings. The highest BCUT2D eigenvalue weighted by molar-refractivity contribution is 5.20. The topological polar surface area (TPSA) is 9.23 Å². The minimum absolute atomic E-state index is 0.370. The van der Waals surface area contributed by atoms with Gasteiger partial charge in [0.1, 0.15) is 6.10 Å². The Hall–Kier alpha value is -0.980. The van der Waals surface area contributed by atoms with Gasteiger partial charge in [0.25, 0.3) is 0 Å². The smallest absolute Gasteiger partial charge is 0.111 e. The number of hydrogen-bond donors (Lipinski definition) is 0. The molecule has 0 saturated heterocycles. The fourth-order valence-electron chi connectivity index (χ4n) is 1.35. The third-order valence-electron chi connectivity index (χ3n) is 1.93. The van der Waals surface area contributed by atoms with Gasteiger partial charge in [-0.25, -0.2) is 0 Å². The van der Waals surface area contributed by atoms with E-state index in [1.165, 1.54) is 0 Å². The highest BCUT2D eigenvalue weighted by atomic mass is 16.5. The molecular formula is C9H10O. The lowest BCUT2D eigenvalue weighted by Gasteiger charge is -2.13. The third kappa shape index (κ3) is 0.878. The average Bonchev–Trinajstić information content (AvgIpc) is 2.59. The van der Waals surface area contributed by atoms with Crippen LogP contribution in [0, 0.1) is 5.92 Å². The monoisotopic (exact) mass is 134 g/mol. The SMILES string of the molecule is C1=CC(C2CC=CO2)C=C1. The summed E-state index contributed by atoms with van der Waals surface area (Å²) >= 11 is 0. The summed E-state index contributed by atoms with van der Waals surface area (Å²) in [6.45, 7) is 0. The van der Waals surface area contributed by atoms with Crippen molar-refractivity contribution in [3.8, 4) is 0 Å². The van der Waals surface area contributed by atoms with E-state index >= 15 is 0 Å². The van der Waals surface area contributed by atoms with Gasteiger partial charge in [-0.05, 0) is 6.08 Å². The first-order valence-corrected chi connectivity index (χ1v) is 3.62. The van der Waals surface area contributed by atoms with E-state index in [1.807, 2.05) is 0 Å². The van der Waals surface area contributed by atoms with Crippen LogP contribution in [0.1, 0.15) is 6.42 Å². The summed E-state index contributed by atoms with van der Waals surface area (Å²) in [5.74, 6) is 0.509. The number of ether oxygens (including phenoxy) is 1. The Morgan fingerprint density at radius 3 is 2.60 bits per heavy atom. The van der Waals surface area contributed by atoms with Crippen LogP contribution in [0.25, 0.3) is 0 Å². The molecule has 0 saturated carbocycles. The molecule has 0 radical (unpaired) electrons. The van der Waals surface area contributed by atoms with E-state index in [9.17, 15) is 0 Å². The average molecular weight is 134 g/mol. The van der Waals surface area contributed by atoms with Crippen molar-refractivity contribution in [2.45, 2.75) is 12.5 Å². The van der Waals surface area contributed by atoms with Crippen molar-refractivity contribution < 1.29 is 4.74 Å². The lowest BCUT2D eigenvalue weighted by atomic mass is 10.0. The van der Waals surface area contributed by atoms with Crippen LogP contribution < -0.4 is 0 Å². The van der Waals surface area contributed by atoms with Crippen LogP contribution in [0.4, 0.5) is 0 Å². The molecule has 1 aliphatic heterocycles. The molecule has 1 heteroatoms. The van der Waals surface area contributed by atoms with E-state index in [-0.39, 0.29) is 0 Å². The van der Waals surface area contributed by atoms with Gasteiger partial charge < -0.3 is 4.74 Å². The van der Waals surface area contributed by atoms with Gasteiger partial charge in [0, 0.05) is 12.3 Å². The van der Waals surface area contributed by atoms with Crippen LogP contribution in [-0.2, 0) is 4.74 Å². The first-order valence-electron chi connectivity index (χ1n) is 3.62. The normalized spacial score (nSPS) is 29.8. The second kappa shape index (κ2) is 2.33. The molecule has 1 unspecified atom stereocenters. The van der Waals surface area contributed by atoms with Crippen molar-refractivity contribution >= 4 is 0 Å². The molecule has 1 aliphatic carbocycles. The van der Waals surface area contributed by atoms with E-state index in [0.717, 1.165) is 6.42 Å². The molecule has 0 bridgehead atoms. The van der Waals surface area contributed by atoms with Gasteiger partial charge in [-0.3, -0.25) is 0 Å². The van der Waals surface area contributed by atoms with Crippen LogP contribution >= 0.6 is 0 Å². The number of hydrogen-bond acceptors (Lipinski definition) is 1. The molecule has 2 aliphatic rings. The fourth-order valence-corrected chi connectivity index (χ4v) is 1.35. The maximum atomic E-state index is 5.35. The van der Waals surface area contributed by atoms with E-state index in [0.29, 0.717) is 12.0 Å². The summed E-state index contributed by atoms with van der Waals surface area (Å²) in [4.78, 5) is 0. The lowest BCUT2D eigenvalue weighted by molar-refractivity contribution is 0.147. The van der Waals surface area contributed by atoms with Gasteiger partial charge in [-0.2, -0.15) is 0 Å². The van der Waals surface area contributed by atoms with Crippen LogP contribution in [0.15, 0.2) is 36.6 Å². The molecule has 52 valence electrons. The van der Waals surface area contributed by atoms with Crippen LogP contribution in [0.5, 0.6) is 0 Å². The van der Waals surface area contributed by atoms with E-state index in [1.54, 1.807) is 6.26 Å². The van der Waals surface area contributed by atoms with Crippen molar-refractivity contribution in [2.75, 3.05) is 0 Å². The summed E-state index contributed by atoms with van der Waals surface area (Å²) in [5.41, 5.74) is 0. The number of rotatable bonds is 1. The first kappa shape index (κ1) is 5.78. The second-order valence-corrected chi connectivity index (χ2v) is 2.63. The molecule has 2 rings (SSSR count). The quantitative estimate of drug-likeness (QED) is 0.533. The Morgan fingerprint density at radius 2 is 2.00 bits per heavy atom. The first-order chi connectivity index (χ1) is 4.97. The van der Waals surface area contributed by atoms with Crippen molar-refractivity contribution in [3.63, 3.8) is 0 Å². The van der Waals surface area contributed by atoms with E-state index in [4.69, 9.17) is 4.74 Å². The Balaban J connectivity index is 2.00. The predicted molar refractivity (Wildman–Crippen MR) is 40.4 cm³/mol. The zero-order valence-electron chi connectivity index (χ0n) is 5.73. The molecule has 1 atom stereocenters. The molecule has 0 aromatic heterocycles. The van der Waals surface area contributed by atoms with Gasteiger partial charge >= 0.3 is 0 Å². The highest BCUT2D eigenvalue weighted by Gasteiger charge is 2.20. The highest BCUT2D eigenvalue weighted by Crippen LogP contribution is 2.23. The molecular weight excluding hydrogens is 124 g/mol. The molecule has 0 amide bonds. The standard InChI is InChI=1S/C9H10O/c1-2-5-8(4-1)9-6-3-7-10-9/h1-5,7-9H,6H2. The van der Waals surface area contributed by atoms with Crippen LogP contribution in [0.3, 0.4) is 0 Å². The van der Waals surface area contributed by atoms with E-state index in [2.05, 4.69) is 30.4 Å². The summed E-state index contributed by atoms with van der Waals surface area (Å²) < 4.78 is 5.35. The lowest BCUT2D eigenvalue weighted by Crippen LogP contribution is -2.13. The zero-order chi connectivity index (χ0) is 6.81. The van der Waals surface area contributed by atoms with Crippen LogP contribution in [0.2, 0.25) is 0 Å². The zero-order valence-corrected chi connectivity index (χ0v) is 5.73. The maximum absolute atomic E-state index is 5.35. The Morgan fingerprint density at radius 1 is 1.20 bits per heavy atom. The minimum Gasteiger partial charge on any atom is -0.497 e. The van der Waals surface area contributed by atoms with E-state index < -0.39 is 0 Å². The molecule has 1 heterocycles. The summed E-state index contributed by atoms with van der Waals surface area (Å²) in [6.07, 6.45) is 13.8. The molecule has 0 N–H and O–H groups in total. The number of allylic oxidation sites excluding steroid dienone is 2. The van der Waals surface area contributed by atoms with Gasteiger partial charge in [-0.1, -0.05) is 24.3 Å². The Kier molecular flexibility index (Phi) is 1.35. The van der Waals surface area contributed by atoms with Gasteiger partial charge in [-0.15, -0.1) is 0 Å². The van der Waals surface area contributed by atoms with Crippen LogP contribution in [-0.4, -0.2) is 6.10 Å². The minimum atomic E-state index is 0.370. The Bertz CT molecular complexity index is 181. The third-order valence-corrected chi connectivity index (χ3v) is 1.93. The van der Waals surface area contributed by atoms with Gasteiger partial charge in [0.2, 0.25) is 0 Å². The molecule has 0 aromatic carbocycles. The molecule has 0 aromatic rings. The summed E-state index contributed by atoms with van der Waals surface area (Å²) in [6, 6.07) is 0. The molecule has 10 heavy (non-hydrogen) atoms. The van der Waals surface area contributed by atoms with Crippen molar-refractivity contribution in [1.29, 1.82) is 0 Å². The predicted octanol–water partition coefficient (Wildman–Crippen LogP) is 2.03. The summed E-state index contributed by atoms with van der Waals surface area (Å²) in [7, 11) is 0.